The SMILES string of the molecule is O=C(Nc1ncnc2c1ncn2[C@@]1(O)CO[C@H](CO)[C@H]1OPO)c1ccccc1. The Bertz CT molecular complexity index is 1020. The van der Waals surface area contributed by atoms with E-state index in [1.165, 1.54) is 17.2 Å². The summed E-state index contributed by atoms with van der Waals surface area (Å²) in [5.74, 6) is -0.198. The maximum atomic E-state index is 12.5. The van der Waals surface area contributed by atoms with Crippen molar-refractivity contribution in [3.8, 4) is 0 Å². The van der Waals surface area contributed by atoms with E-state index in [4.69, 9.17) is 9.26 Å². The molecule has 0 spiro atoms. The van der Waals surface area contributed by atoms with E-state index in [0.29, 0.717) is 5.56 Å². The number of fused-ring (bicyclic) bond motifs is 1. The van der Waals surface area contributed by atoms with Gasteiger partial charge in [-0.1, -0.05) is 18.2 Å². The van der Waals surface area contributed by atoms with Crippen molar-refractivity contribution in [1.29, 1.82) is 0 Å². The second-order valence-electron chi connectivity index (χ2n) is 6.37. The highest BCUT2D eigenvalue weighted by atomic mass is 31.1. The Morgan fingerprint density at radius 1 is 1.34 bits per heavy atom. The number of aromatic nitrogens is 4. The van der Waals surface area contributed by atoms with Crippen molar-refractivity contribution in [2.24, 2.45) is 0 Å². The third kappa shape index (κ3) is 3.48. The van der Waals surface area contributed by atoms with E-state index in [1.807, 2.05) is 0 Å². The van der Waals surface area contributed by atoms with E-state index < -0.39 is 33.6 Å². The molecule has 11 nitrogen and oxygen atoms in total. The van der Waals surface area contributed by atoms with Gasteiger partial charge in [0.1, 0.15) is 18.5 Å². The van der Waals surface area contributed by atoms with E-state index in [-0.39, 0.29) is 29.5 Å². The van der Waals surface area contributed by atoms with Crippen LogP contribution >= 0.6 is 9.03 Å². The predicted octanol–water partition coefficient (Wildman–Crippen LogP) is 0.000800. The first-order valence-corrected chi connectivity index (χ1v) is 9.48. The summed E-state index contributed by atoms with van der Waals surface area (Å²) >= 11 is 0. The number of imidazole rings is 1. The minimum Gasteiger partial charge on any atom is -0.394 e. The molecule has 1 unspecified atom stereocenters. The third-order valence-electron chi connectivity index (χ3n) is 4.68. The molecule has 3 aromatic rings. The molecule has 1 saturated heterocycles. The van der Waals surface area contributed by atoms with Crippen LogP contribution in [0.25, 0.3) is 11.2 Å². The van der Waals surface area contributed by atoms with Gasteiger partial charge >= 0.3 is 0 Å². The number of nitrogens with one attached hydrogen (secondary N) is 1. The number of hydrogen-bond acceptors (Lipinski definition) is 9. The van der Waals surface area contributed by atoms with Crippen LogP contribution in [0.1, 0.15) is 10.4 Å². The number of aliphatic hydroxyl groups is 2. The molecular formula is C17H18N5O6P. The Hall–Kier alpha value is -2.53. The Morgan fingerprint density at radius 2 is 2.14 bits per heavy atom. The molecule has 2 aromatic heterocycles. The summed E-state index contributed by atoms with van der Waals surface area (Å²) in [6.45, 7) is -0.619. The van der Waals surface area contributed by atoms with Gasteiger partial charge < -0.3 is 29.7 Å². The topological polar surface area (TPSA) is 152 Å². The summed E-state index contributed by atoms with van der Waals surface area (Å²) in [4.78, 5) is 34.1. The second kappa shape index (κ2) is 8.07. The van der Waals surface area contributed by atoms with E-state index in [1.54, 1.807) is 30.3 Å². The summed E-state index contributed by atoms with van der Waals surface area (Å²) in [5.41, 5.74) is -0.845. The van der Waals surface area contributed by atoms with Gasteiger partial charge in [-0.05, 0) is 12.1 Å². The van der Waals surface area contributed by atoms with Gasteiger partial charge in [-0.25, -0.2) is 15.0 Å². The van der Waals surface area contributed by atoms with Gasteiger partial charge in [-0.3, -0.25) is 9.36 Å². The fourth-order valence-electron chi connectivity index (χ4n) is 3.26. The van der Waals surface area contributed by atoms with Crippen LogP contribution in [0.4, 0.5) is 5.82 Å². The zero-order valence-electron chi connectivity index (χ0n) is 15.0. The van der Waals surface area contributed by atoms with Crippen LogP contribution in [0.15, 0.2) is 43.0 Å². The molecule has 0 bridgehead atoms. The lowest BCUT2D eigenvalue weighted by Crippen LogP contribution is -2.47. The minimum atomic E-state index is -1.77. The van der Waals surface area contributed by atoms with Gasteiger partial charge in [0.2, 0.25) is 0 Å². The average molecular weight is 419 g/mol. The fourth-order valence-corrected chi connectivity index (χ4v) is 3.71. The molecule has 0 aliphatic carbocycles. The summed E-state index contributed by atoms with van der Waals surface area (Å²) in [5, 5.41) is 23.4. The number of aliphatic hydroxyl groups excluding tert-OH is 1. The molecule has 0 saturated carbocycles. The molecule has 152 valence electrons. The third-order valence-corrected chi connectivity index (χ3v) is 5.04. The lowest BCUT2D eigenvalue weighted by atomic mass is 10.1. The first-order chi connectivity index (χ1) is 14.1. The summed E-state index contributed by atoms with van der Waals surface area (Å²) < 4.78 is 12.0. The van der Waals surface area contributed by atoms with Gasteiger partial charge in [0.15, 0.2) is 31.7 Å². The zero-order chi connectivity index (χ0) is 20.4. The van der Waals surface area contributed by atoms with E-state index in [0.717, 1.165) is 0 Å². The van der Waals surface area contributed by atoms with E-state index in [2.05, 4.69) is 20.3 Å². The molecule has 3 heterocycles. The van der Waals surface area contributed by atoms with Crippen molar-refractivity contribution < 1.29 is 29.2 Å². The summed E-state index contributed by atoms with van der Waals surface area (Å²) in [7, 11) is -0.918. The molecule has 1 aliphatic heterocycles. The highest BCUT2D eigenvalue weighted by molar-refractivity contribution is 7.25. The summed E-state index contributed by atoms with van der Waals surface area (Å²) in [6, 6.07) is 8.62. The standard InChI is InChI=1S/C17H18N5O6P/c23-6-11-13(28-29-26)17(25,7-27-11)22-9-20-12-14(18-8-19-15(12)22)21-16(24)10-4-2-1-3-5-10/h1-5,8-9,11,13,23,25-26,29H,6-7H2,(H,18,19,21,24)/t11-,13-,17-/m1/s1. The molecule has 1 aromatic carbocycles. The smallest absolute Gasteiger partial charge is 0.256 e. The molecular weight excluding hydrogens is 401 g/mol. The highest BCUT2D eigenvalue weighted by Gasteiger charge is 2.52. The molecule has 4 atom stereocenters. The van der Waals surface area contributed by atoms with Crippen LogP contribution in [0.2, 0.25) is 0 Å². The maximum Gasteiger partial charge on any atom is 0.256 e. The number of carbonyl (C=O) groups excluding carboxylic acids is 1. The fraction of sp³-hybridized carbons (Fsp3) is 0.294. The molecule has 12 heteroatoms. The average Bonchev–Trinajstić information content (AvgIpc) is 3.32. The molecule has 1 aliphatic rings. The molecule has 29 heavy (non-hydrogen) atoms. The predicted molar refractivity (Wildman–Crippen MR) is 102 cm³/mol. The maximum absolute atomic E-state index is 12.5. The van der Waals surface area contributed by atoms with E-state index >= 15 is 0 Å². The van der Waals surface area contributed by atoms with Crippen LogP contribution in [0.5, 0.6) is 0 Å². The number of anilines is 1. The Kier molecular flexibility index (Phi) is 5.50. The second-order valence-corrected chi connectivity index (χ2v) is 6.79. The van der Waals surface area contributed by atoms with Gasteiger partial charge in [-0.2, -0.15) is 0 Å². The molecule has 4 N–H and O–H groups in total. The lowest BCUT2D eigenvalue weighted by molar-refractivity contribution is -0.0969. The lowest BCUT2D eigenvalue weighted by Gasteiger charge is -2.30. The molecule has 1 amide bonds. The highest BCUT2D eigenvalue weighted by Crippen LogP contribution is 2.37. The van der Waals surface area contributed by atoms with Crippen molar-refractivity contribution in [3.63, 3.8) is 0 Å². The van der Waals surface area contributed by atoms with Gasteiger partial charge in [0.05, 0.1) is 19.5 Å². The number of hydrogen-bond donors (Lipinski definition) is 4. The Morgan fingerprint density at radius 3 is 2.86 bits per heavy atom. The number of nitrogens with zero attached hydrogens (tertiary/aromatic N) is 4. The first kappa shape index (κ1) is 19.8. The number of rotatable bonds is 6. The Labute approximate surface area is 166 Å². The molecule has 4 rings (SSSR count). The van der Waals surface area contributed by atoms with Crippen LogP contribution in [0, 0.1) is 0 Å². The van der Waals surface area contributed by atoms with Crippen molar-refractivity contribution in [2.45, 2.75) is 17.9 Å². The van der Waals surface area contributed by atoms with Gasteiger partial charge in [0, 0.05) is 5.56 Å². The van der Waals surface area contributed by atoms with Gasteiger partial charge in [0.25, 0.3) is 5.91 Å². The zero-order valence-corrected chi connectivity index (χ0v) is 16.0. The molecule has 1 fully saturated rings. The van der Waals surface area contributed by atoms with Crippen LogP contribution in [-0.2, 0) is 15.0 Å². The van der Waals surface area contributed by atoms with Crippen LogP contribution < -0.4 is 5.32 Å². The van der Waals surface area contributed by atoms with Crippen molar-refractivity contribution in [1.82, 2.24) is 19.5 Å². The van der Waals surface area contributed by atoms with Crippen molar-refractivity contribution in [2.75, 3.05) is 18.5 Å². The monoisotopic (exact) mass is 419 g/mol. The Balaban J connectivity index is 1.70. The quantitative estimate of drug-likeness (QED) is 0.405. The van der Waals surface area contributed by atoms with Crippen molar-refractivity contribution in [3.05, 3.63) is 48.5 Å². The normalized spacial score (nSPS) is 24.5. The number of carbonyl (C=O) groups is 1. The van der Waals surface area contributed by atoms with Crippen molar-refractivity contribution >= 4 is 31.9 Å². The largest absolute Gasteiger partial charge is 0.394 e. The number of ether oxygens (including phenoxy) is 1. The minimum absolute atomic E-state index is 0.172. The summed E-state index contributed by atoms with van der Waals surface area (Å²) in [6.07, 6.45) is 0.659. The van der Waals surface area contributed by atoms with Crippen LogP contribution in [0.3, 0.4) is 0 Å². The molecule has 0 radical (unpaired) electrons. The first-order valence-electron chi connectivity index (χ1n) is 8.63. The van der Waals surface area contributed by atoms with E-state index in [9.17, 15) is 19.9 Å². The van der Waals surface area contributed by atoms with Crippen LogP contribution in [-0.4, -0.2) is 66.0 Å². The number of benzene rings is 1. The number of amides is 1. The van der Waals surface area contributed by atoms with Gasteiger partial charge in [-0.15, -0.1) is 0 Å².